The van der Waals surface area contributed by atoms with Gasteiger partial charge in [0.2, 0.25) is 0 Å². The summed E-state index contributed by atoms with van der Waals surface area (Å²) in [5, 5.41) is 13.6. The molecule has 0 radical (unpaired) electrons. The molecule has 808 valence electrons. The Bertz CT molecular complexity index is 5550. The first-order valence-electron chi connectivity index (χ1n) is 55.8. The van der Waals surface area contributed by atoms with E-state index in [1.165, 1.54) is 127 Å². The van der Waals surface area contributed by atoms with Gasteiger partial charge in [-0.1, -0.05) is 51.7 Å². The number of fused-ring (bicyclic) bond motifs is 4. The standard InChI is InChI=1S/2C31H42FN3O4.C29H40FN3O3.C29H38FN3O2/c2*1-21(36)29(26-17-22(32)9-10-27(26)39-20-31(2)12-13-31)35-15-11-24(19-35)38-16-5-4-7-23-18-28(37-3)25-8-6-14-33-30(25)34-23;1-21(34)28(26-19-24(30)11-13-27(26)36-18-17-35-2)33-16-14-22(20-33)7-4-3-5-9-25-12-10-23-8-6-15-31-29(23)32-25;1-20(34)28(26-18-23(30)10-14-27(26)35-25-12-13-25)33-17-15-21(19-33)6-3-2-4-8-24-11-9-22-7-5-16-31-29(22)32-24/h2*9-10,17-18,24,29H,4-8,11-16,19-20H2,1-3H3,(H,33,34);10-13,19,22,28H,3-9,14-18,20H2,1-2H3,(H,31,32);9-11,14,18,21,25,28H,2-8,12-13,15-17,19H2,1H3,(H,31,32)/t24-,29+;24-,29-;22-,28?;21-,28?/m1111/s1. The fourth-order valence-electron chi connectivity index (χ4n) is 22.6. The van der Waals surface area contributed by atoms with Crippen molar-refractivity contribution in [2.45, 2.75) is 302 Å². The van der Waals surface area contributed by atoms with E-state index in [1.54, 1.807) is 73.3 Å². The molecule has 0 spiro atoms. The van der Waals surface area contributed by atoms with Gasteiger partial charge in [0.05, 0.1) is 76.5 Å². The monoisotopic (exact) mass is 2060 g/mol. The van der Waals surface area contributed by atoms with Gasteiger partial charge in [-0.3, -0.25) is 38.8 Å². The highest BCUT2D eigenvalue weighted by atomic mass is 19.1. The van der Waals surface area contributed by atoms with Crippen LogP contribution in [0.15, 0.2) is 109 Å². The molecule has 7 fully saturated rings. The lowest BCUT2D eigenvalue weighted by Gasteiger charge is -2.28. The molecule has 2 unspecified atom stereocenters. The summed E-state index contributed by atoms with van der Waals surface area (Å²) in [6, 6.07) is 29.2. The van der Waals surface area contributed by atoms with E-state index in [0.717, 1.165) is 285 Å². The average molecular weight is 2060 g/mol. The molecule has 4 N–H and O–H groups in total. The van der Waals surface area contributed by atoms with Crippen LogP contribution < -0.4 is 49.7 Å². The smallest absolute Gasteiger partial charge is 0.151 e. The lowest BCUT2D eigenvalue weighted by molar-refractivity contribution is -0.123. The highest BCUT2D eigenvalue weighted by Gasteiger charge is 2.44. The van der Waals surface area contributed by atoms with Gasteiger partial charge in [0, 0.05) is 165 Å². The summed E-state index contributed by atoms with van der Waals surface area (Å²) in [5.74, 6) is 8.24. The van der Waals surface area contributed by atoms with E-state index in [4.69, 9.17) is 62.6 Å². The van der Waals surface area contributed by atoms with E-state index >= 15 is 0 Å². The van der Waals surface area contributed by atoms with E-state index in [9.17, 15) is 36.7 Å². The molecule has 29 heteroatoms. The predicted octanol–water partition coefficient (Wildman–Crippen LogP) is 22.3. The molecule has 0 amide bonds. The summed E-state index contributed by atoms with van der Waals surface area (Å²) >= 11 is 0. The minimum Gasteiger partial charge on any atom is -0.496 e. The van der Waals surface area contributed by atoms with Gasteiger partial charge in [0.1, 0.15) is 87.6 Å². The van der Waals surface area contributed by atoms with Gasteiger partial charge in [-0.25, -0.2) is 37.5 Å². The topological polar surface area (TPSA) is 264 Å². The Kier molecular flexibility index (Phi) is 40.5. The van der Waals surface area contributed by atoms with Crippen LogP contribution >= 0.6 is 0 Å². The number of ether oxygens (including phenoxy) is 9. The summed E-state index contributed by atoms with van der Waals surface area (Å²) in [7, 11) is 5.06. The lowest BCUT2D eigenvalue weighted by Crippen LogP contribution is -2.33. The van der Waals surface area contributed by atoms with Gasteiger partial charge in [0.25, 0.3) is 0 Å². The minimum atomic E-state index is -0.532. The maximum absolute atomic E-state index is 14.3. The van der Waals surface area contributed by atoms with Gasteiger partial charge in [-0.05, 0) is 341 Å². The number of Topliss-reactive ketones (excluding diaryl/α,β-unsaturated/α-hetero) is 4. The number of aryl methyl sites for hydroxylation is 6. The number of ketones is 4. The van der Waals surface area contributed by atoms with Crippen LogP contribution in [-0.4, -0.2) is 220 Å². The van der Waals surface area contributed by atoms with Gasteiger partial charge < -0.3 is 63.9 Å². The Morgan fingerprint density at radius 2 is 0.718 bits per heavy atom. The number of nitrogens with zero attached hydrogens (tertiary/aromatic N) is 8. The number of hydrogen-bond acceptors (Lipinski definition) is 25. The average Bonchev–Trinajstić information content (AvgIpc) is 1.71. The van der Waals surface area contributed by atoms with Crippen molar-refractivity contribution < 1.29 is 79.4 Å². The number of pyridine rings is 4. The summed E-state index contributed by atoms with van der Waals surface area (Å²) in [6.07, 6.45) is 36.6. The lowest BCUT2D eigenvalue weighted by atomic mass is 9.98. The molecule has 12 heterocycles. The number of methoxy groups -OCH3 is 3. The Labute approximate surface area is 880 Å². The molecule has 4 saturated heterocycles. The number of anilines is 4. The van der Waals surface area contributed by atoms with Gasteiger partial charge >= 0.3 is 0 Å². The van der Waals surface area contributed by atoms with Crippen molar-refractivity contribution in [1.29, 1.82) is 0 Å². The van der Waals surface area contributed by atoms with E-state index in [1.807, 2.05) is 0 Å². The van der Waals surface area contributed by atoms with Gasteiger partial charge in [-0.2, -0.15) is 0 Å². The molecular formula is C120H162F4N12O13. The normalized spacial score (nSPS) is 20.2. The van der Waals surface area contributed by atoms with Crippen LogP contribution in [0.4, 0.5) is 40.8 Å². The first-order chi connectivity index (χ1) is 72.3. The van der Waals surface area contributed by atoms with Gasteiger partial charge in [-0.15, -0.1) is 0 Å². The molecule has 149 heavy (non-hydrogen) atoms. The van der Waals surface area contributed by atoms with Crippen molar-refractivity contribution in [2.24, 2.45) is 22.7 Å². The van der Waals surface area contributed by atoms with Crippen molar-refractivity contribution in [3.63, 3.8) is 0 Å². The third-order valence-electron chi connectivity index (χ3n) is 31.6. The van der Waals surface area contributed by atoms with Crippen molar-refractivity contribution in [3.8, 4) is 34.5 Å². The van der Waals surface area contributed by atoms with Crippen LogP contribution in [0, 0.1) is 45.9 Å². The van der Waals surface area contributed by atoms with Crippen molar-refractivity contribution in [3.05, 3.63) is 200 Å². The molecule has 4 aromatic heterocycles. The molecule has 8 aromatic rings. The number of nitrogens with one attached hydrogen (secondary N) is 4. The van der Waals surface area contributed by atoms with Crippen LogP contribution in [0.1, 0.15) is 300 Å². The third-order valence-corrected chi connectivity index (χ3v) is 31.6. The number of benzene rings is 4. The summed E-state index contributed by atoms with van der Waals surface area (Å²) in [4.78, 5) is 78.9. The maximum Gasteiger partial charge on any atom is 0.151 e. The van der Waals surface area contributed by atoms with Crippen LogP contribution in [0.3, 0.4) is 0 Å². The van der Waals surface area contributed by atoms with Crippen molar-refractivity contribution in [1.82, 2.24) is 39.5 Å². The predicted molar refractivity (Wildman–Crippen MR) is 575 cm³/mol. The molecular weight excluding hydrogens is 1890 g/mol. The number of likely N-dealkylation sites (tertiary alicyclic amines) is 4. The molecule has 4 aromatic carbocycles. The van der Waals surface area contributed by atoms with E-state index in [0.29, 0.717) is 110 Å². The number of halogens is 4. The first-order valence-corrected chi connectivity index (χ1v) is 55.8. The van der Waals surface area contributed by atoms with Gasteiger partial charge in [0.15, 0.2) is 23.1 Å². The zero-order chi connectivity index (χ0) is 104. The zero-order valence-electron chi connectivity index (χ0n) is 89.8. The van der Waals surface area contributed by atoms with Crippen LogP contribution in [0.2, 0.25) is 0 Å². The minimum absolute atomic E-state index is 0.00815. The maximum atomic E-state index is 14.3. The molecule has 3 saturated carbocycles. The number of unbranched alkanes of at least 4 members (excludes halogenated alkanes) is 6. The summed E-state index contributed by atoms with van der Waals surface area (Å²) in [5.41, 5.74) is 12.4. The van der Waals surface area contributed by atoms with Crippen LogP contribution in [0.25, 0.3) is 0 Å². The van der Waals surface area contributed by atoms with Crippen LogP contribution in [-0.2, 0) is 84.8 Å². The quantitative estimate of drug-likeness (QED) is 0.0204. The molecule has 3 aliphatic carbocycles. The fourth-order valence-corrected chi connectivity index (χ4v) is 22.6. The van der Waals surface area contributed by atoms with Crippen molar-refractivity contribution in [2.75, 3.05) is 161 Å². The summed E-state index contributed by atoms with van der Waals surface area (Å²) in [6.45, 7) is 24.2. The molecule has 11 aliphatic rings. The fraction of sp³-hybridized carbons (Fsp3) is 0.600. The SMILES string of the molecule is CC(=O)C(c1cc(F)ccc1OC1CC1)N1CC[C@@H](CCCCCc2ccc3c(n2)NCCC3)C1.COCCOc1ccc(F)cc1C(C(C)=O)N1CC[C@@H](CCCCCc2ccc3c(n2)NCCC3)C1.COc1cc(CCCCO[C@@H]2CCN([C@@H](C(C)=O)c3cc(F)ccc3OCC3(C)CC3)C2)nc2c1CCCN2.COc1cc(CCCCO[C@@H]2CCN([C@H](C(C)=O)c3cc(F)ccc3OCC3(C)CC3)C2)nc2c1CCCN2. The molecule has 8 aliphatic heterocycles. The Morgan fingerprint density at radius 3 is 1.11 bits per heavy atom. The number of carbonyl (C=O) groups is 4. The first kappa shape index (κ1) is 111. The Morgan fingerprint density at radius 1 is 0.362 bits per heavy atom. The second-order valence-corrected chi connectivity index (χ2v) is 44.1. The second kappa shape index (κ2) is 54.2. The molecule has 25 nitrogen and oxygen atoms in total. The van der Waals surface area contributed by atoms with Crippen LogP contribution in [0.5, 0.6) is 34.5 Å². The highest BCUT2D eigenvalue weighted by Crippen LogP contribution is 2.49. The van der Waals surface area contributed by atoms with E-state index in [-0.39, 0.29) is 75.5 Å². The third kappa shape index (κ3) is 31.9. The Balaban J connectivity index is 0.000000142. The van der Waals surface area contributed by atoms with E-state index in [2.05, 4.69) is 91.1 Å². The number of hydrogen-bond donors (Lipinski definition) is 4. The number of aromatic nitrogens is 4. The van der Waals surface area contributed by atoms with E-state index < -0.39 is 24.2 Å². The largest absolute Gasteiger partial charge is 0.496 e. The zero-order valence-corrected chi connectivity index (χ0v) is 89.8. The second-order valence-electron chi connectivity index (χ2n) is 44.1. The summed E-state index contributed by atoms with van der Waals surface area (Å²) < 4.78 is 110. The highest BCUT2D eigenvalue weighted by molar-refractivity contribution is 5.86. The molecule has 19 rings (SSSR count). The molecule has 0 bridgehead atoms. The van der Waals surface area contributed by atoms with Crippen molar-refractivity contribution >= 4 is 46.4 Å². The number of rotatable bonds is 50. The number of carbonyl (C=O) groups excluding carboxylic acids is 4. The Hall–Kier alpha value is -10.4. The molecule has 8 atom stereocenters.